The average molecular weight is 578 g/mol. The molecule has 0 radical (unpaired) electrons. The third-order valence-corrected chi connectivity index (χ3v) is 9.61. The van der Waals surface area contributed by atoms with Gasteiger partial charge in [0.05, 0.1) is 5.41 Å². The van der Waals surface area contributed by atoms with Gasteiger partial charge in [0, 0.05) is 6.54 Å². The van der Waals surface area contributed by atoms with Gasteiger partial charge in [0.1, 0.15) is 5.92 Å². The molecule has 0 saturated heterocycles. The van der Waals surface area contributed by atoms with E-state index in [1.807, 2.05) is 36.4 Å². The molecule has 0 saturated carbocycles. The number of unbranched alkanes of at least 4 members (excludes halogenated alkanes) is 18. The average Bonchev–Trinajstić information content (AvgIpc) is 3.29. The molecule has 0 fully saturated rings. The lowest BCUT2D eigenvalue weighted by Gasteiger charge is -2.34. The quantitative estimate of drug-likeness (QED) is 0.122. The molecule has 0 aliphatic heterocycles. The lowest BCUT2D eigenvalue weighted by Crippen LogP contribution is -2.49. The van der Waals surface area contributed by atoms with E-state index in [-0.39, 0.29) is 5.91 Å². The summed E-state index contributed by atoms with van der Waals surface area (Å²) >= 11 is 0. The fourth-order valence-electron chi connectivity index (χ4n) is 7.26. The second kappa shape index (κ2) is 19.0. The van der Waals surface area contributed by atoms with E-state index in [4.69, 9.17) is 0 Å². The summed E-state index contributed by atoms with van der Waals surface area (Å²) in [5, 5.41) is 15.8. The van der Waals surface area contributed by atoms with Crippen LogP contribution in [0.15, 0.2) is 36.4 Å². The van der Waals surface area contributed by atoms with Gasteiger partial charge in [0.2, 0.25) is 5.91 Å². The van der Waals surface area contributed by atoms with E-state index in [9.17, 15) is 14.7 Å². The molecular weight excluding hydrogens is 518 g/mol. The molecular formula is C38H59NO3. The fraction of sp³-hybridized carbons (Fsp3) is 0.684. The van der Waals surface area contributed by atoms with Gasteiger partial charge in [-0.15, -0.1) is 0 Å². The summed E-state index contributed by atoms with van der Waals surface area (Å²) in [6.07, 6.45) is 25.3. The molecule has 234 valence electrons. The molecule has 1 aliphatic carbocycles. The summed E-state index contributed by atoms with van der Waals surface area (Å²) in [4.78, 5) is 27.0. The molecule has 0 bridgehead atoms. The molecule has 0 heterocycles. The SMILES string of the molecule is CCCCCCCCCCCCCCC1(C(=O)NCCCCCCCCCC)c2cccc3cccc(c23)C1C(=O)O. The first-order valence-electron chi connectivity index (χ1n) is 17.6. The number of nitrogens with one attached hydrogen (secondary N) is 1. The van der Waals surface area contributed by atoms with Crippen LogP contribution in [0, 0.1) is 0 Å². The van der Waals surface area contributed by atoms with Crippen LogP contribution in [-0.2, 0) is 15.0 Å². The van der Waals surface area contributed by atoms with Crippen molar-refractivity contribution in [3.8, 4) is 0 Å². The molecule has 0 spiro atoms. The van der Waals surface area contributed by atoms with Crippen LogP contribution >= 0.6 is 0 Å². The minimum Gasteiger partial charge on any atom is -0.481 e. The summed E-state index contributed by atoms with van der Waals surface area (Å²) in [6, 6.07) is 12.0. The van der Waals surface area contributed by atoms with Gasteiger partial charge >= 0.3 is 5.97 Å². The van der Waals surface area contributed by atoms with Crippen molar-refractivity contribution in [3.05, 3.63) is 47.5 Å². The highest BCUT2D eigenvalue weighted by Crippen LogP contribution is 2.54. The number of hydrogen-bond donors (Lipinski definition) is 2. The Morgan fingerprint density at radius 3 is 1.67 bits per heavy atom. The largest absolute Gasteiger partial charge is 0.481 e. The van der Waals surface area contributed by atoms with Gasteiger partial charge in [-0.2, -0.15) is 0 Å². The Balaban J connectivity index is 1.59. The number of hydrogen-bond acceptors (Lipinski definition) is 2. The Bertz CT molecular complexity index is 1070. The van der Waals surface area contributed by atoms with E-state index in [0.717, 1.165) is 54.0 Å². The Morgan fingerprint density at radius 1 is 0.667 bits per heavy atom. The zero-order valence-electron chi connectivity index (χ0n) is 26.9. The van der Waals surface area contributed by atoms with Crippen LogP contribution < -0.4 is 5.32 Å². The number of carbonyl (C=O) groups is 2. The zero-order chi connectivity index (χ0) is 30.0. The Hall–Kier alpha value is -2.36. The van der Waals surface area contributed by atoms with Gasteiger partial charge in [-0.3, -0.25) is 9.59 Å². The van der Waals surface area contributed by atoms with Crippen LogP contribution in [0.2, 0.25) is 0 Å². The van der Waals surface area contributed by atoms with Crippen molar-refractivity contribution in [2.45, 2.75) is 160 Å². The Morgan fingerprint density at radius 2 is 1.14 bits per heavy atom. The van der Waals surface area contributed by atoms with Crippen molar-refractivity contribution >= 4 is 22.6 Å². The number of amides is 1. The van der Waals surface area contributed by atoms with E-state index in [0.29, 0.717) is 13.0 Å². The van der Waals surface area contributed by atoms with Gasteiger partial charge in [-0.05, 0) is 34.7 Å². The van der Waals surface area contributed by atoms with Crippen LogP contribution in [0.4, 0.5) is 0 Å². The second-order valence-corrected chi connectivity index (χ2v) is 12.9. The van der Waals surface area contributed by atoms with Gasteiger partial charge < -0.3 is 10.4 Å². The minimum absolute atomic E-state index is 0.0929. The van der Waals surface area contributed by atoms with Crippen LogP contribution in [0.1, 0.15) is 166 Å². The lowest BCUT2D eigenvalue weighted by atomic mass is 9.68. The summed E-state index contributed by atoms with van der Waals surface area (Å²) in [7, 11) is 0. The Labute approximate surface area is 256 Å². The van der Waals surface area contributed by atoms with Crippen molar-refractivity contribution < 1.29 is 14.7 Å². The third kappa shape index (κ3) is 9.32. The Kier molecular flexibility index (Phi) is 15.5. The minimum atomic E-state index is -1.05. The summed E-state index contributed by atoms with van der Waals surface area (Å²) in [6.45, 7) is 5.12. The number of benzene rings is 2. The summed E-state index contributed by atoms with van der Waals surface area (Å²) < 4.78 is 0. The highest BCUT2D eigenvalue weighted by Gasteiger charge is 2.55. The predicted molar refractivity (Wildman–Crippen MR) is 177 cm³/mol. The van der Waals surface area contributed by atoms with E-state index in [1.165, 1.54) is 96.3 Å². The molecule has 42 heavy (non-hydrogen) atoms. The molecule has 1 amide bonds. The van der Waals surface area contributed by atoms with E-state index >= 15 is 0 Å². The van der Waals surface area contributed by atoms with Crippen LogP contribution in [0.3, 0.4) is 0 Å². The zero-order valence-corrected chi connectivity index (χ0v) is 26.9. The highest BCUT2D eigenvalue weighted by atomic mass is 16.4. The topological polar surface area (TPSA) is 66.4 Å². The molecule has 2 aromatic carbocycles. The molecule has 2 unspecified atom stereocenters. The molecule has 3 rings (SSSR count). The van der Waals surface area contributed by atoms with Crippen LogP contribution in [0.5, 0.6) is 0 Å². The van der Waals surface area contributed by atoms with Crippen LogP contribution in [-0.4, -0.2) is 23.5 Å². The van der Waals surface area contributed by atoms with E-state index in [2.05, 4.69) is 19.2 Å². The maximum Gasteiger partial charge on any atom is 0.312 e. The van der Waals surface area contributed by atoms with Gasteiger partial charge in [-0.25, -0.2) is 0 Å². The normalized spacial score (nSPS) is 17.6. The van der Waals surface area contributed by atoms with Crippen molar-refractivity contribution in [2.24, 2.45) is 0 Å². The number of rotatable bonds is 24. The molecule has 4 nitrogen and oxygen atoms in total. The van der Waals surface area contributed by atoms with Gasteiger partial charge in [-0.1, -0.05) is 172 Å². The van der Waals surface area contributed by atoms with Gasteiger partial charge in [0.25, 0.3) is 0 Å². The predicted octanol–water partition coefficient (Wildman–Crippen LogP) is 10.6. The standard InChI is InChI=1S/C38H59NO3/c1-3-5-7-9-11-13-14-15-16-17-19-21-29-38(37(42)39-30-22-20-18-12-10-8-6-4-2)33-28-24-26-31-25-23-27-32(34(31)33)35(38)36(40)41/h23-28,35H,3-22,29-30H2,1-2H3,(H,39,42)(H,40,41). The summed E-state index contributed by atoms with van der Waals surface area (Å²) in [5.41, 5.74) is 0.671. The molecule has 4 heteroatoms. The molecule has 2 atom stereocenters. The number of aliphatic carboxylic acids is 1. The summed E-state index contributed by atoms with van der Waals surface area (Å²) in [5.74, 6) is -1.82. The van der Waals surface area contributed by atoms with Crippen molar-refractivity contribution in [1.82, 2.24) is 5.32 Å². The molecule has 0 aromatic heterocycles. The van der Waals surface area contributed by atoms with E-state index in [1.54, 1.807) is 0 Å². The maximum atomic E-state index is 14.2. The van der Waals surface area contributed by atoms with Crippen molar-refractivity contribution in [3.63, 3.8) is 0 Å². The monoisotopic (exact) mass is 577 g/mol. The lowest BCUT2D eigenvalue weighted by molar-refractivity contribution is -0.144. The number of carbonyl (C=O) groups excluding carboxylic acids is 1. The first-order chi connectivity index (χ1) is 20.6. The second-order valence-electron chi connectivity index (χ2n) is 12.9. The third-order valence-electron chi connectivity index (χ3n) is 9.61. The van der Waals surface area contributed by atoms with Crippen LogP contribution in [0.25, 0.3) is 10.8 Å². The van der Waals surface area contributed by atoms with E-state index < -0.39 is 17.3 Å². The first kappa shape index (κ1) is 34.1. The molecule has 1 aliphatic rings. The number of carboxylic acid groups (broad SMARTS) is 1. The van der Waals surface area contributed by atoms with Crippen molar-refractivity contribution in [1.29, 1.82) is 0 Å². The fourth-order valence-corrected chi connectivity index (χ4v) is 7.26. The number of carboxylic acids is 1. The maximum absolute atomic E-state index is 14.2. The highest BCUT2D eigenvalue weighted by molar-refractivity contribution is 6.07. The van der Waals surface area contributed by atoms with Gasteiger partial charge in [0.15, 0.2) is 0 Å². The van der Waals surface area contributed by atoms with Crippen molar-refractivity contribution in [2.75, 3.05) is 6.54 Å². The first-order valence-corrected chi connectivity index (χ1v) is 17.6. The molecule has 2 aromatic rings. The smallest absolute Gasteiger partial charge is 0.312 e. The molecule has 2 N–H and O–H groups in total.